The van der Waals surface area contributed by atoms with Crippen molar-refractivity contribution in [3.05, 3.63) is 57.2 Å². The van der Waals surface area contributed by atoms with E-state index >= 15 is 0 Å². The minimum absolute atomic E-state index is 0.171. The lowest BCUT2D eigenvalue weighted by atomic mass is 9.97. The number of alkyl halides is 3. The van der Waals surface area contributed by atoms with Gasteiger partial charge in [0.25, 0.3) is 6.01 Å². The van der Waals surface area contributed by atoms with Crippen LogP contribution in [0.25, 0.3) is 10.9 Å². The molecule has 4 rings (SSSR count). The first-order chi connectivity index (χ1) is 13.3. The molecule has 1 aliphatic rings. The molecule has 3 aromatic rings. The molecule has 9 heteroatoms. The SMILES string of the molecule is Cc1c(C(C)N=c2nc3n(c4cnc(Br)cc24)CCO3)cccc1C(F)(F)F. The van der Waals surface area contributed by atoms with Gasteiger partial charge in [0.05, 0.1) is 29.9 Å². The molecular weight excluding hydrogens is 437 g/mol. The molecule has 28 heavy (non-hydrogen) atoms. The van der Waals surface area contributed by atoms with E-state index in [1.165, 1.54) is 13.0 Å². The Balaban J connectivity index is 1.90. The quantitative estimate of drug-likeness (QED) is 0.534. The summed E-state index contributed by atoms with van der Waals surface area (Å²) in [6, 6.07) is 5.88. The Morgan fingerprint density at radius 3 is 2.86 bits per heavy atom. The molecule has 5 nitrogen and oxygen atoms in total. The van der Waals surface area contributed by atoms with Crippen molar-refractivity contribution >= 4 is 26.8 Å². The fourth-order valence-electron chi connectivity index (χ4n) is 3.45. The van der Waals surface area contributed by atoms with Crippen LogP contribution in [0.3, 0.4) is 0 Å². The van der Waals surface area contributed by atoms with Crippen LogP contribution in [-0.4, -0.2) is 21.1 Å². The van der Waals surface area contributed by atoms with E-state index in [4.69, 9.17) is 4.74 Å². The number of hydrogen-bond acceptors (Lipinski definition) is 4. The van der Waals surface area contributed by atoms with Gasteiger partial charge in [-0.2, -0.15) is 18.2 Å². The van der Waals surface area contributed by atoms with Gasteiger partial charge in [-0.1, -0.05) is 12.1 Å². The summed E-state index contributed by atoms with van der Waals surface area (Å²) >= 11 is 3.36. The predicted octanol–water partition coefficient (Wildman–Crippen LogP) is 4.58. The Hall–Kier alpha value is -2.42. The van der Waals surface area contributed by atoms with Crippen molar-refractivity contribution in [2.45, 2.75) is 32.6 Å². The topological polar surface area (TPSA) is 52.3 Å². The molecule has 0 N–H and O–H groups in total. The summed E-state index contributed by atoms with van der Waals surface area (Å²) in [5.41, 5.74) is 1.26. The van der Waals surface area contributed by atoms with Crippen molar-refractivity contribution < 1.29 is 17.9 Å². The first kappa shape index (κ1) is 18.9. The van der Waals surface area contributed by atoms with Crippen molar-refractivity contribution in [1.29, 1.82) is 0 Å². The highest BCUT2D eigenvalue weighted by Gasteiger charge is 2.33. The van der Waals surface area contributed by atoms with Crippen LogP contribution in [0.5, 0.6) is 6.01 Å². The standard InChI is InChI=1S/C19H16BrF3N4O/c1-10-12(4-3-5-14(10)19(21,22)23)11(2)25-17-13-8-16(20)24-9-15(13)27-6-7-28-18(27)26-17/h3-5,8-9,11H,6-7H2,1-2H3. The Kier molecular flexibility index (Phi) is 4.65. The average Bonchev–Trinajstić information content (AvgIpc) is 3.09. The van der Waals surface area contributed by atoms with Gasteiger partial charge in [-0.15, -0.1) is 0 Å². The number of benzene rings is 1. The molecule has 1 aromatic carbocycles. The molecule has 1 aliphatic heterocycles. The third kappa shape index (κ3) is 3.28. The maximum absolute atomic E-state index is 13.2. The zero-order chi connectivity index (χ0) is 20.1. The third-order valence-corrected chi connectivity index (χ3v) is 5.24. The van der Waals surface area contributed by atoms with Crippen molar-refractivity contribution in [2.24, 2.45) is 4.99 Å². The molecular formula is C19H16BrF3N4O. The molecule has 2 aromatic heterocycles. The number of aromatic nitrogens is 3. The van der Waals surface area contributed by atoms with E-state index in [0.717, 1.165) is 17.0 Å². The Bertz CT molecular complexity index is 1140. The minimum Gasteiger partial charge on any atom is -0.463 e. The molecule has 0 spiro atoms. The first-order valence-corrected chi connectivity index (χ1v) is 9.44. The summed E-state index contributed by atoms with van der Waals surface area (Å²) in [4.78, 5) is 13.4. The van der Waals surface area contributed by atoms with Crippen LogP contribution in [0.15, 0.2) is 40.1 Å². The van der Waals surface area contributed by atoms with Crippen molar-refractivity contribution in [2.75, 3.05) is 6.61 Å². The van der Waals surface area contributed by atoms with Gasteiger partial charge in [-0.05, 0) is 53.0 Å². The molecule has 146 valence electrons. The summed E-state index contributed by atoms with van der Waals surface area (Å²) in [5, 5.41) is 0.757. The van der Waals surface area contributed by atoms with Gasteiger partial charge in [0, 0.05) is 5.39 Å². The number of fused-ring (bicyclic) bond motifs is 3. The Morgan fingerprint density at radius 1 is 1.32 bits per heavy atom. The lowest BCUT2D eigenvalue weighted by Crippen LogP contribution is -2.16. The average molecular weight is 453 g/mol. The van der Waals surface area contributed by atoms with Crippen molar-refractivity contribution in [3.63, 3.8) is 0 Å². The number of nitrogens with zero attached hydrogens (tertiary/aromatic N) is 4. The summed E-state index contributed by atoms with van der Waals surface area (Å²) in [7, 11) is 0. The lowest BCUT2D eigenvalue weighted by molar-refractivity contribution is -0.138. The van der Waals surface area contributed by atoms with E-state index < -0.39 is 17.8 Å². The normalized spacial score (nSPS) is 15.6. The second-order valence-electron chi connectivity index (χ2n) is 6.56. The van der Waals surface area contributed by atoms with Crippen LogP contribution < -0.4 is 10.2 Å². The largest absolute Gasteiger partial charge is 0.463 e. The Labute approximate surface area is 167 Å². The van der Waals surface area contributed by atoms with Crippen molar-refractivity contribution in [1.82, 2.24) is 14.5 Å². The van der Waals surface area contributed by atoms with E-state index in [1.54, 1.807) is 25.3 Å². The lowest BCUT2D eigenvalue weighted by Gasteiger charge is -2.16. The maximum atomic E-state index is 13.2. The highest BCUT2D eigenvalue weighted by molar-refractivity contribution is 9.10. The number of pyridine rings is 1. The molecule has 3 heterocycles. The Morgan fingerprint density at radius 2 is 2.11 bits per heavy atom. The number of rotatable bonds is 2. The molecule has 0 saturated carbocycles. The molecule has 0 radical (unpaired) electrons. The molecule has 0 fully saturated rings. The summed E-state index contributed by atoms with van der Waals surface area (Å²) in [6.45, 7) is 4.39. The number of hydrogen-bond donors (Lipinski definition) is 0. The fourth-order valence-corrected chi connectivity index (χ4v) is 3.78. The summed E-state index contributed by atoms with van der Waals surface area (Å²) in [5.74, 6) is 0. The van der Waals surface area contributed by atoms with Gasteiger partial charge in [-0.3, -0.25) is 9.56 Å². The summed E-state index contributed by atoms with van der Waals surface area (Å²) in [6.07, 6.45) is -2.70. The van der Waals surface area contributed by atoms with E-state index in [1.807, 2.05) is 4.57 Å². The monoisotopic (exact) mass is 452 g/mol. The van der Waals surface area contributed by atoms with Gasteiger partial charge in [0.1, 0.15) is 11.2 Å². The van der Waals surface area contributed by atoms with Crippen LogP contribution >= 0.6 is 15.9 Å². The number of ether oxygens (including phenoxy) is 1. The highest BCUT2D eigenvalue weighted by Crippen LogP contribution is 2.35. The van der Waals surface area contributed by atoms with Gasteiger partial charge >= 0.3 is 6.18 Å². The van der Waals surface area contributed by atoms with Gasteiger partial charge in [-0.25, -0.2) is 4.98 Å². The zero-order valence-electron chi connectivity index (χ0n) is 15.1. The molecule has 1 unspecified atom stereocenters. The van der Waals surface area contributed by atoms with Crippen LogP contribution in [0.2, 0.25) is 0 Å². The second kappa shape index (κ2) is 6.88. The highest BCUT2D eigenvalue weighted by atomic mass is 79.9. The maximum Gasteiger partial charge on any atom is 0.416 e. The van der Waals surface area contributed by atoms with Gasteiger partial charge in [0.2, 0.25) is 0 Å². The van der Waals surface area contributed by atoms with Crippen LogP contribution in [-0.2, 0) is 12.7 Å². The van der Waals surface area contributed by atoms with E-state index in [-0.39, 0.29) is 5.56 Å². The second-order valence-corrected chi connectivity index (χ2v) is 7.38. The van der Waals surface area contributed by atoms with Crippen molar-refractivity contribution in [3.8, 4) is 6.01 Å². The van der Waals surface area contributed by atoms with E-state index in [0.29, 0.717) is 34.8 Å². The van der Waals surface area contributed by atoms with E-state index in [9.17, 15) is 13.2 Å². The first-order valence-electron chi connectivity index (χ1n) is 8.65. The van der Waals surface area contributed by atoms with Crippen LogP contribution in [0.1, 0.15) is 29.7 Å². The fraction of sp³-hybridized carbons (Fsp3) is 0.316. The van der Waals surface area contributed by atoms with Gasteiger partial charge < -0.3 is 4.74 Å². The van der Waals surface area contributed by atoms with Crippen LogP contribution in [0, 0.1) is 6.92 Å². The molecule has 0 bridgehead atoms. The minimum atomic E-state index is -4.40. The van der Waals surface area contributed by atoms with E-state index in [2.05, 4.69) is 30.9 Å². The van der Waals surface area contributed by atoms with Gasteiger partial charge in [0.15, 0.2) is 5.49 Å². The third-order valence-electron chi connectivity index (χ3n) is 4.81. The number of halogens is 4. The molecule has 0 amide bonds. The van der Waals surface area contributed by atoms with Crippen LogP contribution in [0.4, 0.5) is 13.2 Å². The predicted molar refractivity (Wildman–Crippen MR) is 101 cm³/mol. The smallest absolute Gasteiger partial charge is 0.416 e. The molecule has 0 saturated heterocycles. The molecule has 1 atom stereocenters. The molecule has 0 aliphatic carbocycles. The zero-order valence-corrected chi connectivity index (χ0v) is 16.7. The summed E-state index contributed by atoms with van der Waals surface area (Å²) < 4.78 is 47.8.